The summed E-state index contributed by atoms with van der Waals surface area (Å²) >= 11 is 0. The second kappa shape index (κ2) is 7.30. The summed E-state index contributed by atoms with van der Waals surface area (Å²) < 4.78 is 44.8. The fourth-order valence-electron chi connectivity index (χ4n) is 2.82. The van der Waals surface area contributed by atoms with Gasteiger partial charge in [-0.1, -0.05) is 30.3 Å². The predicted molar refractivity (Wildman–Crippen MR) is 92.0 cm³/mol. The van der Waals surface area contributed by atoms with Crippen LogP contribution in [0.2, 0.25) is 0 Å². The number of fused-ring (bicyclic) bond motifs is 1. The number of ether oxygens (including phenoxy) is 1. The maximum absolute atomic E-state index is 13.1. The summed E-state index contributed by atoms with van der Waals surface area (Å²) in [4.78, 5) is 25.7. The number of nitrogens with one attached hydrogen (secondary N) is 1. The second-order valence-electron chi connectivity index (χ2n) is 6.20. The van der Waals surface area contributed by atoms with Gasteiger partial charge in [-0.05, 0) is 23.8 Å². The average Bonchev–Trinajstić information content (AvgIpc) is 2.61. The summed E-state index contributed by atoms with van der Waals surface area (Å²) in [6.45, 7) is -0.223. The molecule has 1 atom stereocenters. The Labute approximate surface area is 153 Å². The van der Waals surface area contributed by atoms with E-state index >= 15 is 0 Å². The van der Waals surface area contributed by atoms with Crippen LogP contribution in [-0.2, 0) is 22.3 Å². The van der Waals surface area contributed by atoms with Crippen molar-refractivity contribution < 1.29 is 27.5 Å². The van der Waals surface area contributed by atoms with E-state index in [2.05, 4.69) is 5.32 Å². The van der Waals surface area contributed by atoms with E-state index in [-0.39, 0.29) is 18.5 Å². The molecule has 2 amide bonds. The lowest BCUT2D eigenvalue weighted by Gasteiger charge is -2.27. The Hall–Kier alpha value is -3.03. The maximum Gasteiger partial charge on any atom is 0.416 e. The van der Waals surface area contributed by atoms with E-state index in [4.69, 9.17) is 4.74 Å². The van der Waals surface area contributed by atoms with Gasteiger partial charge in [0.1, 0.15) is 5.75 Å². The van der Waals surface area contributed by atoms with Gasteiger partial charge in [-0.15, -0.1) is 0 Å². The van der Waals surface area contributed by atoms with Gasteiger partial charge in [0.2, 0.25) is 5.91 Å². The molecule has 0 spiro atoms. The van der Waals surface area contributed by atoms with Gasteiger partial charge in [0.25, 0.3) is 5.91 Å². The fraction of sp³-hybridized carbons (Fsp3) is 0.263. The van der Waals surface area contributed by atoms with Crippen molar-refractivity contribution in [2.24, 2.45) is 0 Å². The number of halogens is 3. The van der Waals surface area contributed by atoms with E-state index < -0.39 is 29.7 Å². The number of hydrogen-bond donors (Lipinski definition) is 1. The number of amides is 2. The first kappa shape index (κ1) is 18.8. The minimum absolute atomic E-state index is 0.0137. The molecule has 0 aliphatic carbocycles. The van der Waals surface area contributed by atoms with Gasteiger partial charge >= 0.3 is 6.18 Å². The van der Waals surface area contributed by atoms with Crippen LogP contribution >= 0.6 is 0 Å². The van der Waals surface area contributed by atoms with Crippen molar-refractivity contribution in [3.05, 3.63) is 59.7 Å². The van der Waals surface area contributed by atoms with Crippen LogP contribution in [0.25, 0.3) is 0 Å². The standard InChI is InChI=1S/C19H17F3N2O3/c1-24(11-12-6-2-3-7-13(12)19(20,21)22)17(25)10-16-18(26)23-14-8-4-5-9-15(14)27-16/h2-9,16H,10-11H2,1H3,(H,23,26)/t16-/m1/s1. The van der Waals surface area contributed by atoms with Crippen molar-refractivity contribution in [3.63, 3.8) is 0 Å². The van der Waals surface area contributed by atoms with Crippen LogP contribution in [0.5, 0.6) is 5.75 Å². The molecule has 8 heteroatoms. The van der Waals surface area contributed by atoms with Crippen LogP contribution in [0.15, 0.2) is 48.5 Å². The molecule has 1 N–H and O–H groups in total. The number of alkyl halides is 3. The first-order valence-corrected chi connectivity index (χ1v) is 8.21. The van der Waals surface area contributed by atoms with Gasteiger partial charge in [0.15, 0.2) is 6.10 Å². The quantitative estimate of drug-likeness (QED) is 0.887. The second-order valence-corrected chi connectivity index (χ2v) is 6.20. The predicted octanol–water partition coefficient (Wildman–Crippen LogP) is 3.45. The Morgan fingerprint density at radius 2 is 1.81 bits per heavy atom. The average molecular weight is 378 g/mol. The lowest BCUT2D eigenvalue weighted by atomic mass is 10.1. The molecule has 0 unspecified atom stereocenters. The Balaban J connectivity index is 1.68. The third kappa shape index (κ3) is 4.21. The minimum atomic E-state index is -4.50. The van der Waals surface area contributed by atoms with E-state index in [1.54, 1.807) is 24.3 Å². The van der Waals surface area contributed by atoms with Crippen molar-refractivity contribution >= 4 is 17.5 Å². The summed E-state index contributed by atoms with van der Waals surface area (Å²) in [7, 11) is 1.39. The first-order valence-electron chi connectivity index (χ1n) is 8.21. The van der Waals surface area contributed by atoms with E-state index in [0.29, 0.717) is 11.4 Å². The number of carbonyl (C=O) groups excluding carboxylic acids is 2. The molecule has 2 aromatic rings. The molecule has 5 nitrogen and oxygen atoms in total. The molecule has 0 fully saturated rings. The lowest BCUT2D eigenvalue weighted by Crippen LogP contribution is -2.41. The molecule has 0 bridgehead atoms. The number of nitrogens with zero attached hydrogens (tertiary/aromatic N) is 1. The molecule has 3 rings (SSSR count). The van der Waals surface area contributed by atoms with Crippen molar-refractivity contribution in [2.75, 3.05) is 12.4 Å². The highest BCUT2D eigenvalue weighted by Crippen LogP contribution is 2.33. The third-order valence-corrected chi connectivity index (χ3v) is 4.22. The molecule has 1 aliphatic heterocycles. The van der Waals surface area contributed by atoms with Crippen molar-refractivity contribution in [3.8, 4) is 5.75 Å². The number of hydrogen-bond acceptors (Lipinski definition) is 3. The summed E-state index contributed by atoms with van der Waals surface area (Å²) in [6.07, 6.45) is -5.81. The molecular weight excluding hydrogens is 361 g/mol. The lowest BCUT2D eigenvalue weighted by molar-refractivity contribution is -0.140. The van der Waals surface area contributed by atoms with E-state index in [9.17, 15) is 22.8 Å². The van der Waals surface area contributed by atoms with Gasteiger partial charge < -0.3 is 15.0 Å². The van der Waals surface area contributed by atoms with Gasteiger partial charge in [-0.3, -0.25) is 9.59 Å². The fourth-order valence-corrected chi connectivity index (χ4v) is 2.82. The first-order chi connectivity index (χ1) is 12.8. The van der Waals surface area contributed by atoms with E-state index in [1.165, 1.54) is 25.2 Å². The Morgan fingerprint density at radius 3 is 2.56 bits per heavy atom. The molecule has 0 saturated heterocycles. The van der Waals surface area contributed by atoms with Gasteiger partial charge in [-0.25, -0.2) is 0 Å². The van der Waals surface area contributed by atoms with Crippen LogP contribution in [0.3, 0.4) is 0 Å². The van der Waals surface area contributed by atoms with Crippen LogP contribution in [0.4, 0.5) is 18.9 Å². The smallest absolute Gasteiger partial charge is 0.416 e. The molecular formula is C19H17F3N2O3. The zero-order chi connectivity index (χ0) is 19.6. The number of carbonyl (C=O) groups is 2. The molecule has 2 aromatic carbocycles. The van der Waals surface area contributed by atoms with Crippen LogP contribution < -0.4 is 10.1 Å². The summed E-state index contributed by atoms with van der Waals surface area (Å²) in [5, 5.41) is 2.65. The van der Waals surface area contributed by atoms with Gasteiger partial charge in [-0.2, -0.15) is 13.2 Å². The van der Waals surface area contributed by atoms with Crippen LogP contribution in [0.1, 0.15) is 17.5 Å². The number of rotatable bonds is 4. The topological polar surface area (TPSA) is 58.6 Å². The summed E-state index contributed by atoms with van der Waals surface area (Å²) in [6, 6.07) is 11.9. The highest BCUT2D eigenvalue weighted by molar-refractivity contribution is 5.99. The van der Waals surface area contributed by atoms with Gasteiger partial charge in [0.05, 0.1) is 17.7 Å². The molecule has 1 heterocycles. The Morgan fingerprint density at radius 1 is 1.15 bits per heavy atom. The zero-order valence-corrected chi connectivity index (χ0v) is 14.4. The largest absolute Gasteiger partial charge is 0.478 e. The van der Waals surface area contributed by atoms with E-state index in [1.807, 2.05) is 0 Å². The number of para-hydroxylation sites is 2. The molecule has 0 aromatic heterocycles. The molecule has 27 heavy (non-hydrogen) atoms. The van der Waals surface area contributed by atoms with Crippen molar-refractivity contribution in [1.29, 1.82) is 0 Å². The molecule has 142 valence electrons. The minimum Gasteiger partial charge on any atom is -0.478 e. The zero-order valence-electron chi connectivity index (χ0n) is 14.4. The molecule has 0 saturated carbocycles. The third-order valence-electron chi connectivity index (χ3n) is 4.22. The van der Waals surface area contributed by atoms with Crippen molar-refractivity contribution in [1.82, 2.24) is 4.90 Å². The Bertz CT molecular complexity index is 867. The monoisotopic (exact) mass is 378 g/mol. The number of anilines is 1. The normalized spacial score (nSPS) is 16.1. The summed E-state index contributed by atoms with van der Waals surface area (Å²) in [5.41, 5.74) is -0.288. The highest BCUT2D eigenvalue weighted by atomic mass is 19.4. The Kier molecular flexibility index (Phi) is 5.07. The molecule has 1 aliphatic rings. The highest BCUT2D eigenvalue weighted by Gasteiger charge is 2.34. The number of benzene rings is 2. The van der Waals surface area contributed by atoms with Crippen LogP contribution in [-0.4, -0.2) is 29.9 Å². The van der Waals surface area contributed by atoms with E-state index in [0.717, 1.165) is 11.0 Å². The molecule has 0 radical (unpaired) electrons. The summed E-state index contributed by atoms with van der Waals surface area (Å²) in [5.74, 6) is -0.516. The van der Waals surface area contributed by atoms with Crippen LogP contribution in [0, 0.1) is 0 Å². The van der Waals surface area contributed by atoms with Crippen molar-refractivity contribution in [2.45, 2.75) is 25.2 Å². The maximum atomic E-state index is 13.1. The van der Waals surface area contributed by atoms with Gasteiger partial charge in [0, 0.05) is 13.6 Å². The SMILES string of the molecule is CN(Cc1ccccc1C(F)(F)F)C(=O)C[C@H]1Oc2ccccc2NC1=O.